The van der Waals surface area contributed by atoms with E-state index >= 15 is 0 Å². The summed E-state index contributed by atoms with van der Waals surface area (Å²) in [5, 5.41) is 0. The Bertz CT molecular complexity index is 492. The molecule has 0 atom stereocenters. The van der Waals surface area contributed by atoms with Crippen molar-refractivity contribution in [1.29, 1.82) is 0 Å². The Morgan fingerprint density at radius 1 is 1.06 bits per heavy atom. The fourth-order valence-corrected chi connectivity index (χ4v) is 3.23. The van der Waals surface area contributed by atoms with Gasteiger partial charge in [0.2, 0.25) is 8.32 Å². The minimum absolute atomic E-state index is 1.09. The van der Waals surface area contributed by atoms with E-state index in [0.717, 1.165) is 12.2 Å². The number of allylic oxidation sites excluding steroid dienone is 2. The van der Waals surface area contributed by atoms with Gasteiger partial charge in [-0.2, -0.15) is 0 Å². The molecule has 17 heavy (non-hydrogen) atoms. The molecule has 0 spiro atoms. The van der Waals surface area contributed by atoms with Crippen LogP contribution in [0.4, 0.5) is 0 Å². The highest BCUT2D eigenvalue weighted by molar-refractivity contribution is 6.70. The molecule has 2 rings (SSSR count). The Hall–Kier alpha value is -1.02. The maximum absolute atomic E-state index is 6.22. The van der Waals surface area contributed by atoms with Gasteiger partial charge in [-0.3, -0.25) is 0 Å². The van der Waals surface area contributed by atoms with E-state index in [1.165, 1.54) is 27.8 Å². The highest BCUT2D eigenvalue weighted by Crippen LogP contribution is 2.40. The number of benzene rings is 1. The molecule has 0 radical (unpaired) electrons. The predicted octanol–water partition coefficient (Wildman–Crippen LogP) is 4.56. The lowest BCUT2D eigenvalue weighted by molar-refractivity contribution is 0.555. The quantitative estimate of drug-likeness (QED) is 0.695. The summed E-state index contributed by atoms with van der Waals surface area (Å²) in [4.78, 5) is 0. The molecular formula is C15H22OSi. The topological polar surface area (TPSA) is 9.23 Å². The van der Waals surface area contributed by atoms with Crippen molar-refractivity contribution in [2.75, 3.05) is 0 Å². The van der Waals surface area contributed by atoms with Crippen LogP contribution in [0.2, 0.25) is 19.6 Å². The molecule has 0 unspecified atom stereocenters. The van der Waals surface area contributed by atoms with E-state index in [1.54, 1.807) is 0 Å². The van der Waals surface area contributed by atoms with Crippen molar-refractivity contribution >= 4 is 13.9 Å². The van der Waals surface area contributed by atoms with Crippen molar-refractivity contribution in [3.8, 4) is 5.75 Å². The first-order valence-electron chi connectivity index (χ1n) is 6.28. The smallest absolute Gasteiger partial charge is 0.242 e. The largest absolute Gasteiger partial charge is 0.544 e. The maximum Gasteiger partial charge on any atom is 0.242 e. The van der Waals surface area contributed by atoms with Crippen LogP contribution in [0.25, 0.3) is 5.57 Å². The van der Waals surface area contributed by atoms with E-state index < -0.39 is 8.32 Å². The van der Waals surface area contributed by atoms with Crippen molar-refractivity contribution in [3.05, 3.63) is 34.4 Å². The van der Waals surface area contributed by atoms with E-state index in [-0.39, 0.29) is 0 Å². The molecule has 1 aliphatic carbocycles. The minimum Gasteiger partial charge on any atom is -0.544 e. The zero-order valence-corrected chi connectivity index (χ0v) is 12.8. The Morgan fingerprint density at radius 3 is 2.29 bits per heavy atom. The molecule has 0 amide bonds. The monoisotopic (exact) mass is 246 g/mol. The zero-order valence-electron chi connectivity index (χ0n) is 11.8. The van der Waals surface area contributed by atoms with Gasteiger partial charge in [-0.25, -0.2) is 0 Å². The molecule has 0 heterocycles. The molecule has 0 aliphatic heterocycles. The average molecular weight is 246 g/mol. The molecular weight excluding hydrogens is 224 g/mol. The summed E-state index contributed by atoms with van der Waals surface area (Å²) in [6, 6.07) is 4.34. The SMILES string of the molecule is CC1=C(C)c2c(O[Si](C)(C)C)ccc(C)c2C1. The third kappa shape index (κ3) is 2.32. The predicted molar refractivity (Wildman–Crippen MR) is 77.1 cm³/mol. The van der Waals surface area contributed by atoms with Gasteiger partial charge < -0.3 is 4.43 Å². The van der Waals surface area contributed by atoms with Gasteiger partial charge in [0, 0.05) is 5.56 Å². The van der Waals surface area contributed by atoms with Crippen molar-refractivity contribution in [1.82, 2.24) is 0 Å². The first kappa shape index (κ1) is 12.4. The summed E-state index contributed by atoms with van der Waals surface area (Å²) in [5.41, 5.74) is 7.12. The van der Waals surface area contributed by atoms with E-state index in [2.05, 4.69) is 52.5 Å². The van der Waals surface area contributed by atoms with E-state index in [9.17, 15) is 0 Å². The molecule has 0 fully saturated rings. The molecule has 0 aromatic heterocycles. The van der Waals surface area contributed by atoms with Gasteiger partial charge in [-0.15, -0.1) is 0 Å². The lowest BCUT2D eigenvalue weighted by Gasteiger charge is -2.22. The van der Waals surface area contributed by atoms with Crippen LogP contribution in [0.3, 0.4) is 0 Å². The Labute approximate surface area is 106 Å². The van der Waals surface area contributed by atoms with Crippen LogP contribution in [0.15, 0.2) is 17.7 Å². The van der Waals surface area contributed by atoms with Gasteiger partial charge >= 0.3 is 0 Å². The van der Waals surface area contributed by atoms with Crippen LogP contribution in [0.1, 0.15) is 30.5 Å². The molecule has 1 nitrogen and oxygen atoms in total. The molecule has 0 saturated heterocycles. The van der Waals surface area contributed by atoms with Gasteiger partial charge in [-0.1, -0.05) is 11.6 Å². The number of aryl methyl sites for hydroxylation is 1. The second kappa shape index (κ2) is 4.02. The lowest BCUT2D eigenvalue weighted by Crippen LogP contribution is -2.29. The average Bonchev–Trinajstić information content (AvgIpc) is 2.48. The fourth-order valence-electron chi connectivity index (χ4n) is 2.40. The molecule has 1 aliphatic rings. The normalized spacial score (nSPS) is 15.2. The summed E-state index contributed by atoms with van der Waals surface area (Å²) < 4.78 is 6.22. The fraction of sp³-hybridized carbons (Fsp3) is 0.467. The molecule has 2 heteroatoms. The Morgan fingerprint density at radius 2 is 1.71 bits per heavy atom. The zero-order chi connectivity index (χ0) is 12.8. The summed E-state index contributed by atoms with van der Waals surface area (Å²) in [7, 11) is -1.53. The third-order valence-electron chi connectivity index (χ3n) is 3.38. The summed E-state index contributed by atoms with van der Waals surface area (Å²) in [5.74, 6) is 1.10. The van der Waals surface area contributed by atoms with Crippen molar-refractivity contribution < 1.29 is 4.43 Å². The van der Waals surface area contributed by atoms with Crippen molar-refractivity contribution in [3.63, 3.8) is 0 Å². The Balaban J connectivity index is 2.54. The van der Waals surface area contributed by atoms with Gasteiger partial charge in [-0.05, 0) is 69.6 Å². The number of hydrogen-bond acceptors (Lipinski definition) is 1. The molecule has 0 N–H and O–H groups in total. The second-order valence-electron chi connectivity index (χ2n) is 6.03. The highest BCUT2D eigenvalue weighted by atomic mass is 28.4. The molecule has 0 bridgehead atoms. The molecule has 92 valence electrons. The first-order valence-corrected chi connectivity index (χ1v) is 9.68. The van der Waals surface area contributed by atoms with Crippen LogP contribution in [0, 0.1) is 6.92 Å². The summed E-state index contributed by atoms with van der Waals surface area (Å²) in [6.07, 6.45) is 1.09. The minimum atomic E-state index is -1.53. The second-order valence-corrected chi connectivity index (χ2v) is 10.5. The van der Waals surface area contributed by atoms with Gasteiger partial charge in [0.25, 0.3) is 0 Å². The van der Waals surface area contributed by atoms with E-state index in [1.807, 2.05) is 0 Å². The highest BCUT2D eigenvalue weighted by Gasteiger charge is 2.25. The standard InChI is InChI=1S/C15H22OSi/c1-10-7-8-14(16-17(4,5)6)15-12(3)11(2)9-13(10)15/h7-8H,9H2,1-6H3. The van der Waals surface area contributed by atoms with Gasteiger partial charge in [0.15, 0.2) is 0 Å². The third-order valence-corrected chi connectivity index (χ3v) is 4.21. The van der Waals surface area contributed by atoms with Crippen LogP contribution in [-0.4, -0.2) is 8.32 Å². The lowest BCUT2D eigenvalue weighted by atomic mass is 10.0. The molecule has 1 aromatic rings. The van der Waals surface area contributed by atoms with Gasteiger partial charge in [0.05, 0.1) is 0 Å². The van der Waals surface area contributed by atoms with Gasteiger partial charge in [0.1, 0.15) is 5.75 Å². The number of rotatable bonds is 2. The van der Waals surface area contributed by atoms with Crippen LogP contribution in [0.5, 0.6) is 5.75 Å². The van der Waals surface area contributed by atoms with Crippen molar-refractivity contribution in [2.45, 2.75) is 46.8 Å². The summed E-state index contributed by atoms with van der Waals surface area (Å²) >= 11 is 0. The van der Waals surface area contributed by atoms with E-state index in [4.69, 9.17) is 4.43 Å². The maximum atomic E-state index is 6.22. The van der Waals surface area contributed by atoms with E-state index in [0.29, 0.717) is 0 Å². The molecule has 0 saturated carbocycles. The van der Waals surface area contributed by atoms with Crippen molar-refractivity contribution in [2.24, 2.45) is 0 Å². The number of fused-ring (bicyclic) bond motifs is 1. The number of hydrogen-bond donors (Lipinski definition) is 0. The first-order chi connectivity index (χ1) is 7.79. The van der Waals surface area contributed by atoms with Crippen LogP contribution < -0.4 is 4.43 Å². The Kier molecular flexibility index (Phi) is 2.94. The van der Waals surface area contributed by atoms with Crippen LogP contribution in [-0.2, 0) is 6.42 Å². The molecule has 1 aromatic carbocycles. The van der Waals surface area contributed by atoms with Crippen LogP contribution >= 0.6 is 0 Å². The summed E-state index contributed by atoms with van der Waals surface area (Å²) in [6.45, 7) is 13.4.